The van der Waals surface area contributed by atoms with Gasteiger partial charge in [-0.2, -0.15) is 5.26 Å². The summed E-state index contributed by atoms with van der Waals surface area (Å²) in [5.74, 6) is 0.241. The molecule has 0 spiro atoms. The molecule has 26 heavy (non-hydrogen) atoms. The zero-order chi connectivity index (χ0) is 19.2. The highest BCUT2D eigenvalue weighted by Gasteiger charge is 2.02. The number of thiol groups is 2. The number of rotatable bonds is 3. The van der Waals surface area contributed by atoms with E-state index in [0.717, 1.165) is 6.42 Å². The van der Waals surface area contributed by atoms with Crippen molar-refractivity contribution >= 4 is 47.1 Å². The van der Waals surface area contributed by atoms with Gasteiger partial charge in [0.1, 0.15) is 0 Å². The lowest BCUT2D eigenvalue weighted by atomic mass is 10.2. The molecule has 0 heterocycles. The lowest BCUT2D eigenvalue weighted by Gasteiger charge is -1.94. The van der Waals surface area contributed by atoms with Crippen LogP contribution in [0.2, 0.25) is 5.02 Å². The quantitative estimate of drug-likeness (QED) is 0.580. The zero-order valence-corrected chi connectivity index (χ0v) is 16.6. The van der Waals surface area contributed by atoms with Crippen LogP contribution in [0.3, 0.4) is 0 Å². The molecule has 6 heteroatoms. The maximum atomic E-state index is 10.6. The summed E-state index contributed by atoms with van der Waals surface area (Å²) in [6, 6.07) is 17.9. The van der Waals surface area contributed by atoms with E-state index in [2.05, 4.69) is 31.3 Å². The maximum absolute atomic E-state index is 10.6. The van der Waals surface area contributed by atoms with Crippen molar-refractivity contribution in [2.45, 2.75) is 27.7 Å². The average Bonchev–Trinajstić information content (AvgIpc) is 2.63. The minimum absolute atomic E-state index is 0. The Bertz CT molecular complexity index is 715. The molecule has 2 rings (SSSR count). The standard InChI is InChI=1S/C7H5ClOS.C7H6OS.C5H9N.CH4/c8-6-4-2-1-3-5(6)7(9)10;8-7(9)6-4-2-1-3-5-6;1-3-5(2)4-6;/h1-4H,(H,9,10);1-5H,(H,8,9);5H,3H2,1-2H3;1H4. The number of hydrogen-bond acceptors (Lipinski definition) is 3. The van der Waals surface area contributed by atoms with Crippen molar-refractivity contribution < 1.29 is 9.59 Å². The van der Waals surface area contributed by atoms with Crippen molar-refractivity contribution in [2.24, 2.45) is 5.92 Å². The summed E-state index contributed by atoms with van der Waals surface area (Å²) < 4.78 is 0. The molecule has 0 amide bonds. The van der Waals surface area contributed by atoms with Crippen LogP contribution in [0, 0.1) is 17.2 Å². The van der Waals surface area contributed by atoms with Crippen molar-refractivity contribution in [1.29, 1.82) is 5.26 Å². The van der Waals surface area contributed by atoms with Crippen molar-refractivity contribution in [1.82, 2.24) is 0 Å². The molecule has 140 valence electrons. The molecular weight excluding hydrogens is 386 g/mol. The molecule has 0 fully saturated rings. The van der Waals surface area contributed by atoms with E-state index in [1.165, 1.54) is 0 Å². The van der Waals surface area contributed by atoms with Gasteiger partial charge in [0.05, 0.1) is 11.1 Å². The Morgan fingerprint density at radius 2 is 1.54 bits per heavy atom. The number of hydrogen-bond donors (Lipinski definition) is 2. The number of nitrogens with zero attached hydrogens (tertiary/aromatic N) is 1. The van der Waals surface area contributed by atoms with E-state index in [4.69, 9.17) is 16.9 Å². The number of halogens is 1. The Balaban J connectivity index is 0. The molecule has 0 N–H and O–H groups in total. The third-order valence-corrected chi connectivity index (χ3v) is 3.79. The highest BCUT2D eigenvalue weighted by molar-refractivity contribution is 7.97. The highest BCUT2D eigenvalue weighted by Crippen LogP contribution is 2.16. The van der Waals surface area contributed by atoms with Gasteiger partial charge in [-0.15, -0.1) is 25.3 Å². The summed E-state index contributed by atoms with van der Waals surface area (Å²) >= 11 is 12.9. The molecule has 0 saturated heterocycles. The number of nitriles is 1. The zero-order valence-electron chi connectivity index (χ0n) is 14.0. The Morgan fingerprint density at radius 3 is 1.81 bits per heavy atom. The summed E-state index contributed by atoms with van der Waals surface area (Å²) in [7, 11) is 0. The Morgan fingerprint density at radius 1 is 1.04 bits per heavy atom. The van der Waals surface area contributed by atoms with Crippen molar-refractivity contribution in [3.05, 3.63) is 70.7 Å². The Kier molecular flexibility index (Phi) is 15.8. The monoisotopic (exact) mass is 409 g/mol. The van der Waals surface area contributed by atoms with E-state index in [9.17, 15) is 9.59 Å². The first-order chi connectivity index (χ1) is 11.8. The Hall–Kier alpha value is -1.74. The van der Waals surface area contributed by atoms with E-state index >= 15 is 0 Å². The fourth-order valence-corrected chi connectivity index (χ4v) is 1.94. The van der Waals surface area contributed by atoms with Crippen molar-refractivity contribution in [3.63, 3.8) is 0 Å². The lowest BCUT2D eigenvalue weighted by Crippen LogP contribution is -1.88. The third-order valence-electron chi connectivity index (χ3n) is 2.96. The van der Waals surface area contributed by atoms with Gasteiger partial charge in [0, 0.05) is 17.0 Å². The smallest absolute Gasteiger partial charge is 0.217 e. The normalized spacial score (nSPS) is 9.69. The molecule has 1 atom stereocenters. The van der Waals surface area contributed by atoms with Crippen LogP contribution in [-0.2, 0) is 0 Å². The molecule has 0 radical (unpaired) electrons. The fraction of sp³-hybridized carbons (Fsp3) is 0.250. The molecule has 0 aliphatic heterocycles. The van der Waals surface area contributed by atoms with E-state index < -0.39 is 0 Å². The lowest BCUT2D eigenvalue weighted by molar-refractivity contribution is 0.108. The highest BCUT2D eigenvalue weighted by atomic mass is 35.5. The number of benzene rings is 2. The summed E-state index contributed by atoms with van der Waals surface area (Å²) in [5.41, 5.74) is 1.09. The fourth-order valence-electron chi connectivity index (χ4n) is 1.31. The summed E-state index contributed by atoms with van der Waals surface area (Å²) in [4.78, 5) is 21.2. The Labute approximate surface area is 172 Å². The molecule has 0 aliphatic carbocycles. The van der Waals surface area contributed by atoms with Gasteiger partial charge in [-0.05, 0) is 25.5 Å². The van der Waals surface area contributed by atoms with Crippen LogP contribution in [-0.4, -0.2) is 10.2 Å². The van der Waals surface area contributed by atoms with Crippen LogP contribution in [0.25, 0.3) is 0 Å². The van der Waals surface area contributed by atoms with Gasteiger partial charge in [0.2, 0.25) is 10.2 Å². The van der Waals surface area contributed by atoms with Crippen LogP contribution in [0.5, 0.6) is 0 Å². The van der Waals surface area contributed by atoms with Crippen LogP contribution >= 0.6 is 36.9 Å². The van der Waals surface area contributed by atoms with Crippen LogP contribution in [0.15, 0.2) is 54.6 Å². The van der Waals surface area contributed by atoms with Crippen molar-refractivity contribution in [3.8, 4) is 6.07 Å². The third kappa shape index (κ3) is 11.8. The molecule has 1 unspecified atom stereocenters. The largest absolute Gasteiger partial charge is 0.282 e. The predicted octanol–water partition coefficient (Wildman–Crippen LogP) is 6.36. The molecule has 3 nitrogen and oxygen atoms in total. The van der Waals surface area contributed by atoms with Gasteiger partial charge in [-0.3, -0.25) is 9.59 Å². The first kappa shape index (κ1) is 26.5. The summed E-state index contributed by atoms with van der Waals surface area (Å²) in [6.45, 7) is 3.92. The van der Waals surface area contributed by atoms with E-state index in [0.29, 0.717) is 16.1 Å². The average molecular weight is 410 g/mol. The van der Waals surface area contributed by atoms with Crippen LogP contribution in [0.1, 0.15) is 48.4 Å². The summed E-state index contributed by atoms with van der Waals surface area (Å²) in [5, 5.41) is 8.05. The van der Waals surface area contributed by atoms with E-state index in [-0.39, 0.29) is 23.6 Å². The molecule has 0 aromatic heterocycles. The molecular formula is C20H24ClNO2S2. The van der Waals surface area contributed by atoms with Gasteiger partial charge in [0.25, 0.3) is 0 Å². The van der Waals surface area contributed by atoms with Gasteiger partial charge in [-0.1, -0.05) is 68.4 Å². The molecule has 0 saturated carbocycles. The molecule has 0 aliphatic rings. The van der Waals surface area contributed by atoms with Gasteiger partial charge in [0.15, 0.2) is 0 Å². The second kappa shape index (κ2) is 15.5. The van der Waals surface area contributed by atoms with Crippen LogP contribution in [0.4, 0.5) is 0 Å². The molecule has 2 aromatic rings. The van der Waals surface area contributed by atoms with Crippen molar-refractivity contribution in [2.75, 3.05) is 0 Å². The van der Waals surface area contributed by atoms with Gasteiger partial charge in [-0.25, -0.2) is 0 Å². The summed E-state index contributed by atoms with van der Waals surface area (Å²) in [6.07, 6.45) is 0.969. The van der Waals surface area contributed by atoms with Crippen LogP contribution < -0.4 is 0 Å². The number of carbonyl (C=O) groups excluding carboxylic acids is 2. The minimum atomic E-state index is -0.300. The topological polar surface area (TPSA) is 57.9 Å². The molecule has 0 bridgehead atoms. The second-order valence-corrected chi connectivity index (χ2v) is 6.11. The van der Waals surface area contributed by atoms with Gasteiger partial charge >= 0.3 is 0 Å². The van der Waals surface area contributed by atoms with Gasteiger partial charge < -0.3 is 0 Å². The first-order valence-corrected chi connectivity index (χ1v) is 8.76. The first-order valence-electron chi connectivity index (χ1n) is 7.49. The predicted molar refractivity (Wildman–Crippen MR) is 116 cm³/mol. The maximum Gasteiger partial charge on any atom is 0.217 e. The van der Waals surface area contributed by atoms with E-state index in [1.807, 2.05) is 32.0 Å². The number of carbonyl (C=O) groups is 2. The van der Waals surface area contributed by atoms with E-state index in [1.54, 1.807) is 36.4 Å². The minimum Gasteiger partial charge on any atom is -0.282 e. The molecule has 2 aromatic carbocycles. The second-order valence-electron chi connectivity index (χ2n) is 4.89. The SMILES string of the molecule is C.CCC(C)C#N.O=C(S)c1ccccc1.O=C(S)c1ccccc1Cl.